The molecule has 0 heterocycles. The average molecular weight is 316 g/mol. The lowest BCUT2D eigenvalue weighted by Crippen LogP contribution is -2.41. The second-order valence-corrected chi connectivity index (χ2v) is 7.15. The topological polar surface area (TPSA) is 81.9 Å². The summed E-state index contributed by atoms with van der Waals surface area (Å²) < 4.78 is 11.0. The molecule has 6 heteroatoms. The van der Waals surface area contributed by atoms with Crippen molar-refractivity contribution in [3.8, 4) is 0 Å². The molecule has 0 saturated carbocycles. The number of nitrogens with zero attached hydrogens (tertiary/aromatic N) is 1. The Morgan fingerprint density at radius 3 is 1.50 bits per heavy atom. The number of carbonyl (C=O) groups is 2. The van der Waals surface area contributed by atoms with Crippen LogP contribution in [-0.4, -0.2) is 54.2 Å². The highest BCUT2D eigenvalue weighted by molar-refractivity contribution is 5.95. The molecule has 0 bridgehead atoms. The number of nitrogens with two attached hydrogens (primary N) is 1. The summed E-state index contributed by atoms with van der Waals surface area (Å²) >= 11 is 0. The van der Waals surface area contributed by atoms with Crippen molar-refractivity contribution >= 4 is 11.8 Å². The number of carbonyl (C=O) groups excluding carboxylic acids is 2. The third kappa shape index (κ3) is 10.7. The van der Waals surface area contributed by atoms with Crippen LogP contribution in [0, 0.1) is 0 Å². The molecule has 6 nitrogen and oxygen atoms in total. The molecule has 0 aromatic rings. The van der Waals surface area contributed by atoms with Gasteiger partial charge >= 0.3 is 0 Å². The summed E-state index contributed by atoms with van der Waals surface area (Å²) in [5.74, 6) is -0.508. The van der Waals surface area contributed by atoms with E-state index in [9.17, 15) is 9.59 Å². The third-order valence-corrected chi connectivity index (χ3v) is 2.66. The molecule has 0 atom stereocenters. The van der Waals surface area contributed by atoms with E-state index in [0.717, 1.165) is 0 Å². The molecule has 2 N–H and O–H groups in total. The van der Waals surface area contributed by atoms with Gasteiger partial charge in [-0.05, 0) is 41.5 Å². The predicted molar refractivity (Wildman–Crippen MR) is 86.4 cm³/mol. The molecule has 0 aromatic carbocycles. The maximum absolute atomic E-state index is 12.1. The van der Waals surface area contributed by atoms with Crippen molar-refractivity contribution in [3.05, 3.63) is 0 Å². The first-order valence-electron chi connectivity index (χ1n) is 7.77. The van der Waals surface area contributed by atoms with Gasteiger partial charge in [0.15, 0.2) is 0 Å². The molecule has 0 aliphatic carbocycles. The largest absolute Gasteiger partial charge is 0.375 e. The van der Waals surface area contributed by atoms with E-state index in [1.54, 1.807) is 0 Å². The van der Waals surface area contributed by atoms with E-state index < -0.39 is 0 Å². The molecule has 0 fully saturated rings. The highest BCUT2D eigenvalue weighted by Gasteiger charge is 2.22. The fourth-order valence-corrected chi connectivity index (χ4v) is 1.68. The molecule has 130 valence electrons. The van der Waals surface area contributed by atoms with Gasteiger partial charge in [0.05, 0.1) is 37.3 Å². The summed E-state index contributed by atoms with van der Waals surface area (Å²) in [4.78, 5) is 25.5. The van der Waals surface area contributed by atoms with E-state index in [0.29, 0.717) is 0 Å². The normalized spacial score (nSPS) is 12.3. The predicted octanol–water partition coefficient (Wildman–Crippen LogP) is 1.71. The van der Waals surface area contributed by atoms with Gasteiger partial charge in [0.1, 0.15) is 0 Å². The minimum Gasteiger partial charge on any atom is -0.375 e. The van der Waals surface area contributed by atoms with Crippen LogP contribution in [0.15, 0.2) is 0 Å². The Hall–Kier alpha value is -0.980. The van der Waals surface area contributed by atoms with E-state index >= 15 is 0 Å². The molecule has 2 amide bonds. The zero-order valence-electron chi connectivity index (χ0n) is 14.9. The van der Waals surface area contributed by atoms with E-state index in [1.165, 1.54) is 4.90 Å². The summed E-state index contributed by atoms with van der Waals surface area (Å²) in [6.45, 7) is 12.6. The highest BCUT2D eigenvalue weighted by atomic mass is 16.5. The molecule has 0 rings (SSSR count). The Morgan fingerprint density at radius 1 is 0.864 bits per heavy atom. The number of amides is 2. The second-order valence-electron chi connectivity index (χ2n) is 7.15. The molecule has 0 spiro atoms. The smallest absolute Gasteiger partial charge is 0.231 e. The summed E-state index contributed by atoms with van der Waals surface area (Å²) in [6.07, 6.45) is 0.340. The Morgan fingerprint density at radius 2 is 1.23 bits per heavy atom. The zero-order chi connectivity index (χ0) is 17.4. The van der Waals surface area contributed by atoms with Crippen molar-refractivity contribution in [1.82, 2.24) is 4.90 Å². The van der Waals surface area contributed by atoms with Crippen LogP contribution >= 0.6 is 0 Å². The number of imide groups is 1. The van der Waals surface area contributed by atoms with Gasteiger partial charge in [0, 0.05) is 13.1 Å². The summed E-state index contributed by atoms with van der Waals surface area (Å²) in [5.41, 5.74) is 4.89. The van der Waals surface area contributed by atoms with Gasteiger partial charge < -0.3 is 15.2 Å². The van der Waals surface area contributed by atoms with E-state index in [4.69, 9.17) is 15.2 Å². The molecule has 0 aliphatic rings. The van der Waals surface area contributed by atoms with Gasteiger partial charge in [0.25, 0.3) is 0 Å². The van der Waals surface area contributed by atoms with Crippen LogP contribution in [0.4, 0.5) is 0 Å². The lowest BCUT2D eigenvalue weighted by atomic mass is 10.2. The standard InChI is InChI=1S/C16H32N2O4/c1-15(2,3)21-11-7-13(19)18(10-9-17)14(20)8-12-22-16(4,5)6/h7-12,17H2,1-6H3. The zero-order valence-corrected chi connectivity index (χ0v) is 14.9. The Bertz CT molecular complexity index is 324. The van der Waals surface area contributed by atoms with E-state index in [-0.39, 0.29) is 62.2 Å². The average Bonchev–Trinajstić information content (AvgIpc) is 2.32. The maximum atomic E-state index is 12.1. The van der Waals surface area contributed by atoms with Gasteiger partial charge in [-0.1, -0.05) is 0 Å². The first kappa shape index (κ1) is 21.0. The Kier molecular flexibility index (Phi) is 8.81. The van der Waals surface area contributed by atoms with Crippen LogP contribution in [0.5, 0.6) is 0 Å². The summed E-state index contributed by atoms with van der Waals surface area (Å²) in [5, 5.41) is 0. The minimum atomic E-state index is -0.302. The van der Waals surface area contributed by atoms with Crippen LogP contribution in [0.25, 0.3) is 0 Å². The van der Waals surface area contributed by atoms with Crippen LogP contribution in [0.1, 0.15) is 54.4 Å². The molecule has 0 aromatic heterocycles. The molecule has 22 heavy (non-hydrogen) atoms. The van der Waals surface area contributed by atoms with Crippen LogP contribution < -0.4 is 5.73 Å². The SMILES string of the molecule is CC(C)(C)OCCC(=O)N(CCN)C(=O)CCOC(C)(C)C. The number of rotatable bonds is 8. The van der Waals surface area contributed by atoms with Crippen LogP contribution in [-0.2, 0) is 19.1 Å². The van der Waals surface area contributed by atoms with E-state index in [1.807, 2.05) is 41.5 Å². The number of hydrogen-bond acceptors (Lipinski definition) is 5. The third-order valence-electron chi connectivity index (χ3n) is 2.66. The quantitative estimate of drug-likeness (QED) is 0.737. The first-order chi connectivity index (χ1) is 9.96. The van der Waals surface area contributed by atoms with Gasteiger partial charge in [-0.25, -0.2) is 0 Å². The van der Waals surface area contributed by atoms with Crippen LogP contribution in [0.3, 0.4) is 0 Å². The molecule has 0 radical (unpaired) electrons. The lowest BCUT2D eigenvalue weighted by Gasteiger charge is -2.24. The molecular formula is C16H32N2O4. The molecule has 0 saturated heterocycles. The van der Waals surface area contributed by atoms with Gasteiger partial charge in [-0.15, -0.1) is 0 Å². The van der Waals surface area contributed by atoms with Crippen LogP contribution in [0.2, 0.25) is 0 Å². The minimum absolute atomic E-state index is 0.170. The monoisotopic (exact) mass is 316 g/mol. The van der Waals surface area contributed by atoms with E-state index in [2.05, 4.69) is 0 Å². The summed E-state index contributed by atoms with van der Waals surface area (Å²) in [7, 11) is 0. The maximum Gasteiger partial charge on any atom is 0.231 e. The molecular weight excluding hydrogens is 284 g/mol. The Labute approximate surface area is 134 Å². The highest BCUT2D eigenvalue weighted by Crippen LogP contribution is 2.10. The Balaban J connectivity index is 4.37. The van der Waals surface area contributed by atoms with Crippen molar-refractivity contribution in [2.24, 2.45) is 5.73 Å². The van der Waals surface area contributed by atoms with Gasteiger partial charge in [-0.2, -0.15) is 0 Å². The number of ether oxygens (including phenoxy) is 2. The van der Waals surface area contributed by atoms with Crippen molar-refractivity contribution in [2.45, 2.75) is 65.6 Å². The number of hydrogen-bond donors (Lipinski definition) is 1. The van der Waals surface area contributed by atoms with Crippen molar-refractivity contribution in [3.63, 3.8) is 0 Å². The molecule has 0 unspecified atom stereocenters. The fourth-order valence-electron chi connectivity index (χ4n) is 1.68. The summed E-state index contributed by atoms with van der Waals surface area (Å²) in [6, 6.07) is 0. The first-order valence-corrected chi connectivity index (χ1v) is 7.77. The van der Waals surface area contributed by atoms with Gasteiger partial charge in [-0.3, -0.25) is 14.5 Å². The second kappa shape index (κ2) is 9.22. The lowest BCUT2D eigenvalue weighted by molar-refractivity contribution is -0.147. The van der Waals surface area contributed by atoms with Crippen molar-refractivity contribution < 1.29 is 19.1 Å². The van der Waals surface area contributed by atoms with Crippen molar-refractivity contribution in [1.29, 1.82) is 0 Å². The molecule has 0 aliphatic heterocycles. The van der Waals surface area contributed by atoms with Gasteiger partial charge in [0.2, 0.25) is 11.8 Å². The van der Waals surface area contributed by atoms with Crippen molar-refractivity contribution in [2.75, 3.05) is 26.3 Å². The fraction of sp³-hybridized carbons (Fsp3) is 0.875.